The minimum atomic E-state index is -2.84. The van der Waals surface area contributed by atoms with E-state index in [2.05, 4.69) is 24.7 Å². The van der Waals surface area contributed by atoms with Crippen LogP contribution in [0.5, 0.6) is 5.75 Å². The van der Waals surface area contributed by atoms with Gasteiger partial charge in [0.1, 0.15) is 5.75 Å². The monoisotopic (exact) mass is 442 g/mol. The number of hydrogen-bond donors (Lipinski definition) is 1. The van der Waals surface area contributed by atoms with Crippen LogP contribution in [0.2, 0.25) is 0 Å². The Morgan fingerprint density at radius 1 is 1.06 bits per heavy atom. The number of ketones is 1. The summed E-state index contributed by atoms with van der Waals surface area (Å²) < 4.78 is 29.2. The molecule has 1 aromatic carbocycles. The standard InChI is InChI=1S/C27H32F2O3/c1-26-11-9-19(30)15-18(26)5-8-21-22(26)10-12-27(2)23(21)14-17(24(27)31)13-16-3-6-20(7-4-16)32-25(28)29/h3-7,13,19,21-23,25,30H,8-12,14-15H2,1-2H3. The number of carbonyl (C=O) groups excluding carboxylic acids is 1. The highest BCUT2D eigenvalue weighted by atomic mass is 19.3. The van der Waals surface area contributed by atoms with Gasteiger partial charge in [0, 0.05) is 5.41 Å². The van der Waals surface area contributed by atoms with Crippen LogP contribution in [0.25, 0.3) is 6.08 Å². The Kier molecular flexibility index (Phi) is 5.31. The summed E-state index contributed by atoms with van der Waals surface area (Å²) in [4.78, 5) is 13.5. The van der Waals surface area contributed by atoms with E-state index < -0.39 is 6.61 Å². The van der Waals surface area contributed by atoms with Crippen molar-refractivity contribution in [3.05, 3.63) is 47.1 Å². The predicted octanol–water partition coefficient (Wildman–Crippen LogP) is 6.17. The average Bonchev–Trinajstić information content (AvgIpc) is 3.00. The number of hydrogen-bond acceptors (Lipinski definition) is 3. The van der Waals surface area contributed by atoms with Gasteiger partial charge < -0.3 is 9.84 Å². The maximum Gasteiger partial charge on any atom is 0.387 e. The number of Topliss-reactive ketones (excluding diaryl/α,β-unsaturated/α-hetero) is 1. The second kappa shape index (κ2) is 7.79. The Balaban J connectivity index is 1.41. The number of halogens is 2. The summed E-state index contributed by atoms with van der Waals surface area (Å²) in [5, 5.41) is 10.2. The average molecular weight is 443 g/mol. The molecule has 4 aliphatic carbocycles. The van der Waals surface area contributed by atoms with Crippen molar-refractivity contribution in [3.8, 4) is 5.75 Å². The number of benzene rings is 1. The quantitative estimate of drug-likeness (QED) is 0.450. The number of allylic oxidation sites excluding steroid dienone is 2. The predicted molar refractivity (Wildman–Crippen MR) is 119 cm³/mol. The first-order chi connectivity index (χ1) is 15.2. The van der Waals surface area contributed by atoms with Gasteiger partial charge in [0.15, 0.2) is 5.78 Å². The van der Waals surface area contributed by atoms with Gasteiger partial charge in [-0.25, -0.2) is 0 Å². The van der Waals surface area contributed by atoms with Gasteiger partial charge in [-0.05, 0) is 97.5 Å². The number of aliphatic hydroxyl groups excluding tert-OH is 1. The summed E-state index contributed by atoms with van der Waals surface area (Å²) in [5.74, 6) is 1.79. The highest BCUT2D eigenvalue weighted by molar-refractivity contribution is 6.05. The first kappa shape index (κ1) is 21.8. The van der Waals surface area contributed by atoms with Gasteiger partial charge in [0.05, 0.1) is 6.10 Å². The Bertz CT molecular complexity index is 966. The second-order valence-corrected chi connectivity index (χ2v) is 10.8. The molecule has 5 heteroatoms. The summed E-state index contributed by atoms with van der Waals surface area (Å²) in [5.41, 5.74) is 2.97. The van der Waals surface area contributed by atoms with Gasteiger partial charge in [-0.2, -0.15) is 8.78 Å². The van der Waals surface area contributed by atoms with E-state index in [1.54, 1.807) is 12.1 Å². The fourth-order valence-corrected chi connectivity index (χ4v) is 7.39. The molecule has 0 radical (unpaired) electrons. The van der Waals surface area contributed by atoms with E-state index >= 15 is 0 Å². The molecule has 0 amide bonds. The Morgan fingerprint density at radius 3 is 2.50 bits per heavy atom. The number of carbonyl (C=O) groups is 1. The highest BCUT2D eigenvalue weighted by Crippen LogP contribution is 2.64. The zero-order valence-corrected chi connectivity index (χ0v) is 18.8. The van der Waals surface area contributed by atoms with Crippen molar-refractivity contribution >= 4 is 11.9 Å². The number of rotatable bonds is 3. The molecule has 1 aromatic rings. The molecule has 3 nitrogen and oxygen atoms in total. The van der Waals surface area contributed by atoms with E-state index in [4.69, 9.17) is 0 Å². The molecule has 0 aromatic heterocycles. The van der Waals surface area contributed by atoms with Gasteiger partial charge in [0.25, 0.3) is 0 Å². The molecule has 0 bridgehead atoms. The summed E-state index contributed by atoms with van der Waals surface area (Å²) in [6.45, 7) is 1.70. The molecule has 0 aliphatic heterocycles. The van der Waals surface area contributed by atoms with E-state index in [1.807, 2.05) is 6.08 Å². The summed E-state index contributed by atoms with van der Waals surface area (Å²) in [7, 11) is 0. The van der Waals surface area contributed by atoms with Crippen molar-refractivity contribution in [2.75, 3.05) is 0 Å². The lowest BCUT2D eigenvalue weighted by molar-refractivity contribution is -0.130. The lowest BCUT2D eigenvalue weighted by Crippen LogP contribution is -2.50. The van der Waals surface area contributed by atoms with Crippen LogP contribution in [0.4, 0.5) is 8.78 Å². The third kappa shape index (κ3) is 3.44. The van der Waals surface area contributed by atoms with Gasteiger partial charge >= 0.3 is 6.61 Å². The third-order valence-corrected chi connectivity index (χ3v) is 9.16. The Morgan fingerprint density at radius 2 is 1.78 bits per heavy atom. The van der Waals surface area contributed by atoms with Crippen molar-refractivity contribution < 1.29 is 23.4 Å². The molecule has 6 unspecified atom stereocenters. The lowest BCUT2D eigenvalue weighted by atomic mass is 9.48. The number of alkyl halides is 2. The van der Waals surface area contributed by atoms with E-state index in [0.717, 1.165) is 56.1 Å². The minimum absolute atomic E-state index is 0.124. The van der Waals surface area contributed by atoms with Gasteiger partial charge in [-0.15, -0.1) is 0 Å². The zero-order chi connectivity index (χ0) is 22.7. The molecule has 0 saturated heterocycles. The molecule has 0 spiro atoms. The molecular formula is C27H32F2O3. The minimum Gasteiger partial charge on any atom is -0.435 e. The summed E-state index contributed by atoms with van der Waals surface area (Å²) >= 11 is 0. The summed E-state index contributed by atoms with van der Waals surface area (Å²) in [6.07, 6.45) is 10.6. The van der Waals surface area contributed by atoms with E-state index in [9.17, 15) is 18.7 Å². The fraction of sp³-hybridized carbons (Fsp3) is 0.593. The van der Waals surface area contributed by atoms with Crippen LogP contribution < -0.4 is 4.74 Å². The van der Waals surface area contributed by atoms with E-state index in [0.29, 0.717) is 17.8 Å². The molecule has 6 atom stereocenters. The van der Waals surface area contributed by atoms with Crippen LogP contribution in [0, 0.1) is 28.6 Å². The van der Waals surface area contributed by atoms with Crippen molar-refractivity contribution in [1.82, 2.24) is 0 Å². The largest absolute Gasteiger partial charge is 0.435 e. The van der Waals surface area contributed by atoms with Crippen LogP contribution in [-0.4, -0.2) is 23.6 Å². The first-order valence-electron chi connectivity index (χ1n) is 11.9. The van der Waals surface area contributed by atoms with Crippen molar-refractivity contribution in [2.45, 2.75) is 71.5 Å². The first-order valence-corrected chi connectivity index (χ1v) is 11.9. The van der Waals surface area contributed by atoms with Crippen LogP contribution in [0.1, 0.15) is 64.4 Å². The maximum absolute atomic E-state index is 13.5. The van der Waals surface area contributed by atoms with Crippen LogP contribution in [0.15, 0.2) is 41.5 Å². The summed E-state index contributed by atoms with van der Waals surface area (Å²) in [6, 6.07) is 6.51. The second-order valence-electron chi connectivity index (χ2n) is 10.8. The smallest absolute Gasteiger partial charge is 0.387 e. The number of ether oxygens (including phenoxy) is 1. The zero-order valence-electron chi connectivity index (χ0n) is 18.8. The molecule has 172 valence electrons. The van der Waals surface area contributed by atoms with Crippen LogP contribution >= 0.6 is 0 Å². The molecular weight excluding hydrogens is 410 g/mol. The highest BCUT2D eigenvalue weighted by Gasteiger charge is 2.59. The van der Waals surface area contributed by atoms with Gasteiger partial charge in [-0.3, -0.25) is 4.79 Å². The SMILES string of the molecule is CC12CCC3C(CC=C4CC(O)CCC43C)C1CC(=Cc1ccc(OC(F)F)cc1)C2=O. The van der Waals surface area contributed by atoms with E-state index in [-0.39, 0.29) is 28.5 Å². The van der Waals surface area contributed by atoms with E-state index in [1.165, 1.54) is 17.7 Å². The van der Waals surface area contributed by atoms with Crippen molar-refractivity contribution in [2.24, 2.45) is 28.6 Å². The molecule has 32 heavy (non-hydrogen) atoms. The molecule has 5 rings (SSSR count). The fourth-order valence-electron chi connectivity index (χ4n) is 7.39. The lowest BCUT2D eigenvalue weighted by Gasteiger charge is -2.56. The van der Waals surface area contributed by atoms with Crippen molar-refractivity contribution in [1.29, 1.82) is 0 Å². The molecule has 1 N–H and O–H groups in total. The topological polar surface area (TPSA) is 46.5 Å². The van der Waals surface area contributed by atoms with Gasteiger partial charge in [-0.1, -0.05) is 37.6 Å². The van der Waals surface area contributed by atoms with Crippen LogP contribution in [-0.2, 0) is 4.79 Å². The number of fused-ring (bicyclic) bond motifs is 5. The molecule has 0 heterocycles. The molecule has 3 saturated carbocycles. The van der Waals surface area contributed by atoms with Crippen molar-refractivity contribution in [3.63, 3.8) is 0 Å². The Labute approximate surface area is 188 Å². The number of aliphatic hydroxyl groups is 1. The van der Waals surface area contributed by atoms with Crippen LogP contribution in [0.3, 0.4) is 0 Å². The third-order valence-electron chi connectivity index (χ3n) is 9.16. The molecule has 4 aliphatic rings. The maximum atomic E-state index is 13.5. The normalized spacial score (nSPS) is 40.0. The molecule has 3 fully saturated rings. The van der Waals surface area contributed by atoms with Gasteiger partial charge in [0.2, 0.25) is 0 Å². The Hall–Kier alpha value is -2.01.